The van der Waals surface area contributed by atoms with E-state index in [1.54, 1.807) is 35.6 Å². The molecule has 1 aromatic carbocycles. The molecule has 4 nitrogen and oxygen atoms in total. The molecule has 0 aromatic heterocycles. The summed E-state index contributed by atoms with van der Waals surface area (Å²) >= 11 is 0. The number of anilines is 1. The highest BCUT2D eigenvalue weighted by Crippen LogP contribution is 2.24. The van der Waals surface area contributed by atoms with Gasteiger partial charge in [-0.25, -0.2) is 12.7 Å². The van der Waals surface area contributed by atoms with Gasteiger partial charge in [-0.3, -0.25) is 0 Å². The summed E-state index contributed by atoms with van der Waals surface area (Å²) in [4.78, 5) is 0. The van der Waals surface area contributed by atoms with Crippen molar-refractivity contribution in [2.75, 3.05) is 12.8 Å². The summed E-state index contributed by atoms with van der Waals surface area (Å²) in [5, 5.41) is 0. The van der Waals surface area contributed by atoms with Gasteiger partial charge in [-0.2, -0.15) is 0 Å². The molecule has 0 saturated heterocycles. The molecule has 1 saturated carbocycles. The van der Waals surface area contributed by atoms with E-state index in [0.29, 0.717) is 5.69 Å². The van der Waals surface area contributed by atoms with Crippen molar-refractivity contribution in [3.05, 3.63) is 29.8 Å². The van der Waals surface area contributed by atoms with Gasteiger partial charge in [0.2, 0.25) is 10.0 Å². The molecule has 0 atom stereocenters. The summed E-state index contributed by atoms with van der Waals surface area (Å²) in [7, 11) is -1.52. The quantitative estimate of drug-likeness (QED) is 0.686. The molecule has 0 bridgehead atoms. The Hall–Kier alpha value is -1.07. The third-order valence-corrected chi connectivity index (χ3v) is 5.98. The van der Waals surface area contributed by atoms with Gasteiger partial charge in [0, 0.05) is 18.8 Å². The molecule has 2 rings (SSSR count). The van der Waals surface area contributed by atoms with Gasteiger partial charge >= 0.3 is 0 Å². The van der Waals surface area contributed by atoms with E-state index in [4.69, 9.17) is 5.73 Å². The molecule has 1 fully saturated rings. The van der Waals surface area contributed by atoms with E-state index in [2.05, 4.69) is 0 Å². The molecule has 0 heterocycles. The number of nitrogens with zero attached hydrogens (tertiary/aromatic N) is 1. The highest BCUT2D eigenvalue weighted by atomic mass is 32.2. The third kappa shape index (κ3) is 3.96. The fourth-order valence-corrected chi connectivity index (χ4v) is 4.26. The van der Waals surface area contributed by atoms with Crippen LogP contribution < -0.4 is 5.73 Å². The summed E-state index contributed by atoms with van der Waals surface area (Å²) in [6, 6.07) is 7.23. The molecule has 0 radical (unpaired) electrons. The highest BCUT2D eigenvalue weighted by Gasteiger charge is 2.26. The standard InChI is InChI=1S/C15H24N2O2S/c1-17(15-6-4-2-3-5-7-15)20(18,19)12-13-8-10-14(16)11-9-13/h8-11,15H,2-7,12,16H2,1H3. The third-order valence-electron chi connectivity index (χ3n) is 4.11. The van der Waals surface area contributed by atoms with E-state index in [1.807, 2.05) is 0 Å². The predicted octanol–water partition coefficient (Wildman–Crippen LogP) is 2.75. The predicted molar refractivity (Wildman–Crippen MR) is 82.7 cm³/mol. The van der Waals surface area contributed by atoms with E-state index in [-0.39, 0.29) is 11.8 Å². The topological polar surface area (TPSA) is 63.4 Å². The van der Waals surface area contributed by atoms with Crippen LogP contribution in [-0.2, 0) is 15.8 Å². The minimum Gasteiger partial charge on any atom is -0.399 e. The van der Waals surface area contributed by atoms with Crippen molar-refractivity contribution in [2.24, 2.45) is 0 Å². The van der Waals surface area contributed by atoms with Crippen LogP contribution in [0, 0.1) is 0 Å². The number of rotatable bonds is 4. The zero-order chi connectivity index (χ0) is 14.6. The highest BCUT2D eigenvalue weighted by molar-refractivity contribution is 7.88. The van der Waals surface area contributed by atoms with Crippen LogP contribution in [0.1, 0.15) is 44.1 Å². The van der Waals surface area contributed by atoms with Crippen LogP contribution in [0.5, 0.6) is 0 Å². The van der Waals surface area contributed by atoms with Crippen LogP contribution >= 0.6 is 0 Å². The van der Waals surface area contributed by atoms with Crippen molar-refractivity contribution in [1.82, 2.24) is 4.31 Å². The zero-order valence-electron chi connectivity index (χ0n) is 12.1. The van der Waals surface area contributed by atoms with Crippen LogP contribution in [0.2, 0.25) is 0 Å². The number of nitrogen functional groups attached to an aromatic ring is 1. The van der Waals surface area contributed by atoms with Gasteiger partial charge in [0.1, 0.15) is 0 Å². The Morgan fingerprint density at radius 1 is 1.10 bits per heavy atom. The fraction of sp³-hybridized carbons (Fsp3) is 0.600. The second-order valence-corrected chi connectivity index (χ2v) is 7.69. The molecule has 0 aliphatic heterocycles. The molecule has 0 unspecified atom stereocenters. The molecule has 112 valence electrons. The van der Waals surface area contributed by atoms with Crippen LogP contribution in [0.25, 0.3) is 0 Å². The minimum absolute atomic E-state index is 0.0558. The molecule has 0 spiro atoms. The number of hydrogen-bond acceptors (Lipinski definition) is 3. The first-order valence-electron chi connectivity index (χ1n) is 7.29. The smallest absolute Gasteiger partial charge is 0.218 e. The molecule has 2 N–H and O–H groups in total. The molecule has 5 heteroatoms. The summed E-state index contributed by atoms with van der Waals surface area (Å²) < 4.78 is 26.6. The summed E-state index contributed by atoms with van der Waals surface area (Å²) in [6.45, 7) is 0. The van der Waals surface area contributed by atoms with E-state index in [0.717, 1.165) is 31.2 Å². The van der Waals surface area contributed by atoms with Crippen molar-refractivity contribution < 1.29 is 8.42 Å². The number of hydrogen-bond donors (Lipinski definition) is 1. The van der Waals surface area contributed by atoms with E-state index in [1.165, 1.54) is 12.8 Å². The maximum atomic E-state index is 12.5. The molecule has 20 heavy (non-hydrogen) atoms. The Labute approximate surface area is 122 Å². The SMILES string of the molecule is CN(C1CCCCCC1)S(=O)(=O)Cc1ccc(N)cc1. The Morgan fingerprint density at radius 2 is 1.65 bits per heavy atom. The minimum atomic E-state index is -3.25. The molecular formula is C15H24N2O2S. The first-order valence-corrected chi connectivity index (χ1v) is 8.90. The zero-order valence-corrected chi connectivity index (χ0v) is 12.9. The van der Waals surface area contributed by atoms with Gasteiger partial charge < -0.3 is 5.73 Å². The fourth-order valence-electron chi connectivity index (χ4n) is 2.77. The molecule has 1 aliphatic rings. The van der Waals surface area contributed by atoms with Crippen LogP contribution in [-0.4, -0.2) is 25.8 Å². The molecule has 1 aliphatic carbocycles. The maximum Gasteiger partial charge on any atom is 0.218 e. The lowest BCUT2D eigenvalue weighted by Crippen LogP contribution is -2.37. The Bertz CT molecular complexity index is 517. The first-order chi connectivity index (χ1) is 9.49. The van der Waals surface area contributed by atoms with Crippen molar-refractivity contribution in [3.8, 4) is 0 Å². The normalized spacial score (nSPS) is 18.1. The lowest BCUT2D eigenvalue weighted by molar-refractivity contribution is 0.335. The second kappa shape index (κ2) is 6.59. The molecule has 0 amide bonds. The number of benzene rings is 1. The van der Waals surface area contributed by atoms with Gasteiger partial charge in [0.25, 0.3) is 0 Å². The first kappa shape index (κ1) is 15.3. The van der Waals surface area contributed by atoms with Crippen LogP contribution in [0.4, 0.5) is 5.69 Å². The lowest BCUT2D eigenvalue weighted by atomic mass is 10.1. The van der Waals surface area contributed by atoms with E-state index in [9.17, 15) is 8.42 Å². The van der Waals surface area contributed by atoms with Crippen molar-refractivity contribution in [1.29, 1.82) is 0 Å². The number of nitrogens with two attached hydrogens (primary N) is 1. The van der Waals surface area contributed by atoms with Crippen molar-refractivity contribution in [2.45, 2.75) is 50.3 Å². The van der Waals surface area contributed by atoms with Gasteiger partial charge in [0.15, 0.2) is 0 Å². The Balaban J connectivity index is 2.06. The summed E-state index contributed by atoms with van der Waals surface area (Å²) in [5.41, 5.74) is 7.07. The van der Waals surface area contributed by atoms with Gasteiger partial charge in [-0.05, 0) is 30.5 Å². The molecule has 1 aromatic rings. The average molecular weight is 296 g/mol. The second-order valence-electron chi connectivity index (χ2n) is 5.66. The maximum absolute atomic E-state index is 12.5. The van der Waals surface area contributed by atoms with Crippen molar-refractivity contribution in [3.63, 3.8) is 0 Å². The lowest BCUT2D eigenvalue weighted by Gasteiger charge is -2.26. The number of sulfonamides is 1. The van der Waals surface area contributed by atoms with Crippen LogP contribution in [0.15, 0.2) is 24.3 Å². The van der Waals surface area contributed by atoms with Gasteiger partial charge in [-0.1, -0.05) is 37.8 Å². The van der Waals surface area contributed by atoms with E-state index < -0.39 is 10.0 Å². The van der Waals surface area contributed by atoms with Gasteiger partial charge in [-0.15, -0.1) is 0 Å². The molecular weight excluding hydrogens is 272 g/mol. The average Bonchev–Trinajstić information content (AvgIpc) is 2.69. The summed E-state index contributed by atoms with van der Waals surface area (Å²) in [5.74, 6) is 0.0558. The van der Waals surface area contributed by atoms with Gasteiger partial charge in [0.05, 0.1) is 5.75 Å². The Kier molecular flexibility index (Phi) is 5.05. The monoisotopic (exact) mass is 296 g/mol. The largest absolute Gasteiger partial charge is 0.399 e. The Morgan fingerprint density at radius 3 is 2.20 bits per heavy atom. The van der Waals surface area contributed by atoms with Crippen molar-refractivity contribution >= 4 is 15.7 Å². The van der Waals surface area contributed by atoms with E-state index >= 15 is 0 Å². The summed E-state index contributed by atoms with van der Waals surface area (Å²) in [6.07, 6.45) is 6.68. The van der Waals surface area contributed by atoms with Crippen LogP contribution in [0.3, 0.4) is 0 Å².